The predicted octanol–water partition coefficient (Wildman–Crippen LogP) is 0.629. The Morgan fingerprint density at radius 2 is 2.00 bits per heavy atom. The number of methoxy groups -OCH3 is 1. The van der Waals surface area contributed by atoms with Crippen molar-refractivity contribution in [2.75, 3.05) is 45.8 Å². The van der Waals surface area contributed by atoms with Crippen molar-refractivity contribution in [3.8, 4) is 5.75 Å². The number of anilines is 1. The molecule has 0 fully saturated rings. The maximum Gasteiger partial charge on any atom is 0.258 e. The van der Waals surface area contributed by atoms with Crippen molar-refractivity contribution >= 4 is 17.4 Å². The maximum atomic E-state index is 11.6. The van der Waals surface area contributed by atoms with E-state index in [0.717, 1.165) is 0 Å². The van der Waals surface area contributed by atoms with E-state index in [4.69, 9.17) is 19.9 Å². The molecule has 0 aliphatic carbocycles. The number of rotatable bonds is 10. The summed E-state index contributed by atoms with van der Waals surface area (Å²) in [6.07, 6.45) is 0. The maximum absolute atomic E-state index is 11.6. The summed E-state index contributed by atoms with van der Waals surface area (Å²) in [5.74, 6) is 0.0637. The van der Waals surface area contributed by atoms with E-state index >= 15 is 0 Å². The molecule has 0 aliphatic rings. The van der Waals surface area contributed by atoms with Gasteiger partial charge >= 0.3 is 0 Å². The summed E-state index contributed by atoms with van der Waals surface area (Å²) in [4.78, 5) is 22.8. The zero-order valence-corrected chi connectivity index (χ0v) is 12.9. The van der Waals surface area contributed by atoms with Crippen molar-refractivity contribution in [2.24, 2.45) is 0 Å². The number of nitrogens with one attached hydrogen (secondary N) is 1. The van der Waals surface area contributed by atoms with Crippen molar-refractivity contribution in [3.63, 3.8) is 0 Å². The molecule has 0 saturated heterocycles. The van der Waals surface area contributed by atoms with Gasteiger partial charge in [-0.15, -0.1) is 0 Å². The van der Waals surface area contributed by atoms with Crippen LogP contribution in [0, 0.1) is 0 Å². The summed E-state index contributed by atoms with van der Waals surface area (Å²) < 4.78 is 15.4. The van der Waals surface area contributed by atoms with E-state index in [-0.39, 0.29) is 18.3 Å². The van der Waals surface area contributed by atoms with Crippen LogP contribution in [0.25, 0.3) is 0 Å². The lowest BCUT2D eigenvalue weighted by Gasteiger charge is -2.09. The number of benzene rings is 1. The first-order valence-electron chi connectivity index (χ1n) is 6.91. The van der Waals surface area contributed by atoms with Gasteiger partial charge in [0.15, 0.2) is 12.4 Å². The fourth-order valence-electron chi connectivity index (χ4n) is 1.66. The highest BCUT2D eigenvalue weighted by atomic mass is 16.5. The summed E-state index contributed by atoms with van der Waals surface area (Å²) >= 11 is 0. The Labute approximate surface area is 129 Å². The molecule has 0 heterocycles. The molecule has 22 heavy (non-hydrogen) atoms. The van der Waals surface area contributed by atoms with E-state index in [1.165, 1.54) is 13.0 Å². The Morgan fingerprint density at radius 1 is 1.23 bits per heavy atom. The van der Waals surface area contributed by atoms with E-state index in [1.54, 1.807) is 19.2 Å². The first-order valence-corrected chi connectivity index (χ1v) is 6.91. The van der Waals surface area contributed by atoms with Crippen molar-refractivity contribution in [2.45, 2.75) is 6.92 Å². The lowest BCUT2D eigenvalue weighted by Crippen LogP contribution is -2.31. The number of ether oxygens (including phenoxy) is 3. The molecule has 1 aromatic carbocycles. The van der Waals surface area contributed by atoms with Gasteiger partial charge in [-0.25, -0.2) is 0 Å². The number of Topliss-reactive ketones (excluding diaryl/α,β-unsaturated/α-hetero) is 1. The summed E-state index contributed by atoms with van der Waals surface area (Å²) in [6.45, 7) is 3.14. The quantitative estimate of drug-likeness (QED) is 0.373. The van der Waals surface area contributed by atoms with Gasteiger partial charge in [0.05, 0.1) is 19.8 Å². The summed E-state index contributed by atoms with van der Waals surface area (Å²) in [5, 5.41) is 2.66. The molecule has 0 unspecified atom stereocenters. The molecular formula is C15H22N2O5. The second-order valence-corrected chi connectivity index (χ2v) is 4.55. The molecule has 0 spiro atoms. The van der Waals surface area contributed by atoms with Gasteiger partial charge in [0, 0.05) is 31.0 Å². The summed E-state index contributed by atoms with van der Waals surface area (Å²) in [7, 11) is 1.60. The zero-order valence-electron chi connectivity index (χ0n) is 12.9. The highest BCUT2D eigenvalue weighted by Crippen LogP contribution is 2.20. The lowest BCUT2D eigenvalue weighted by molar-refractivity contribution is -0.123. The van der Waals surface area contributed by atoms with Crippen LogP contribution in [0.5, 0.6) is 5.75 Å². The van der Waals surface area contributed by atoms with Crippen LogP contribution in [0.1, 0.15) is 17.3 Å². The summed E-state index contributed by atoms with van der Waals surface area (Å²) in [5.41, 5.74) is 6.50. The Bertz CT molecular complexity index is 505. The Hall–Kier alpha value is -2.12. The second-order valence-electron chi connectivity index (χ2n) is 4.55. The predicted molar refractivity (Wildman–Crippen MR) is 82.1 cm³/mol. The molecule has 1 amide bonds. The molecule has 1 rings (SSSR count). The highest BCUT2D eigenvalue weighted by molar-refractivity contribution is 5.99. The van der Waals surface area contributed by atoms with Crippen LogP contribution in [0.2, 0.25) is 0 Å². The average Bonchev–Trinajstić information content (AvgIpc) is 2.48. The fraction of sp³-hybridized carbons (Fsp3) is 0.467. The Morgan fingerprint density at radius 3 is 2.64 bits per heavy atom. The molecule has 7 heteroatoms. The molecule has 3 N–H and O–H groups in total. The minimum Gasteiger partial charge on any atom is -0.484 e. The van der Waals surface area contributed by atoms with Crippen LogP contribution in [0.4, 0.5) is 5.69 Å². The monoisotopic (exact) mass is 310 g/mol. The van der Waals surface area contributed by atoms with Gasteiger partial charge in [-0.3, -0.25) is 9.59 Å². The molecule has 0 saturated carbocycles. The van der Waals surface area contributed by atoms with E-state index in [9.17, 15) is 9.59 Å². The molecule has 122 valence electrons. The number of nitrogen functional groups attached to an aromatic ring is 1. The molecule has 1 aromatic rings. The van der Waals surface area contributed by atoms with E-state index in [1.807, 2.05) is 0 Å². The molecule has 7 nitrogen and oxygen atoms in total. The van der Waals surface area contributed by atoms with Crippen molar-refractivity contribution in [1.29, 1.82) is 0 Å². The van der Waals surface area contributed by atoms with Crippen molar-refractivity contribution in [1.82, 2.24) is 5.32 Å². The van der Waals surface area contributed by atoms with Gasteiger partial charge in [-0.1, -0.05) is 0 Å². The smallest absolute Gasteiger partial charge is 0.258 e. The molecule has 0 atom stereocenters. The SMILES string of the molecule is COCCOCCNC(=O)COc1ccc(C(C)=O)c(N)c1. The largest absolute Gasteiger partial charge is 0.484 e. The second kappa shape index (κ2) is 9.75. The topological polar surface area (TPSA) is 99.9 Å². The lowest BCUT2D eigenvalue weighted by atomic mass is 10.1. The van der Waals surface area contributed by atoms with Crippen LogP contribution in [0.3, 0.4) is 0 Å². The van der Waals surface area contributed by atoms with Crippen molar-refractivity contribution in [3.05, 3.63) is 23.8 Å². The molecule has 0 aliphatic heterocycles. The van der Waals surface area contributed by atoms with Gasteiger partial charge in [-0.2, -0.15) is 0 Å². The van der Waals surface area contributed by atoms with Gasteiger partial charge in [0.25, 0.3) is 5.91 Å². The van der Waals surface area contributed by atoms with Gasteiger partial charge in [-0.05, 0) is 19.1 Å². The standard InChI is InChI=1S/C15H22N2O5/c1-11(18)13-4-3-12(9-14(13)16)22-10-15(19)17-5-6-21-8-7-20-2/h3-4,9H,5-8,10,16H2,1-2H3,(H,17,19). The Balaban J connectivity index is 2.26. The van der Waals surface area contributed by atoms with Crippen LogP contribution in [0.15, 0.2) is 18.2 Å². The van der Waals surface area contributed by atoms with E-state index in [0.29, 0.717) is 43.4 Å². The normalized spacial score (nSPS) is 10.3. The van der Waals surface area contributed by atoms with Crippen molar-refractivity contribution < 1.29 is 23.8 Å². The first-order chi connectivity index (χ1) is 10.5. The highest BCUT2D eigenvalue weighted by Gasteiger charge is 2.07. The molecule has 0 bridgehead atoms. The number of ketones is 1. The summed E-state index contributed by atoms with van der Waals surface area (Å²) in [6, 6.07) is 4.71. The molecule has 0 aromatic heterocycles. The third kappa shape index (κ3) is 6.55. The van der Waals surface area contributed by atoms with Crippen LogP contribution < -0.4 is 15.8 Å². The third-order valence-corrected chi connectivity index (χ3v) is 2.77. The van der Waals surface area contributed by atoms with Crippen LogP contribution >= 0.6 is 0 Å². The fourth-order valence-corrected chi connectivity index (χ4v) is 1.66. The number of carbonyl (C=O) groups is 2. The molecular weight excluding hydrogens is 288 g/mol. The number of hydrogen-bond donors (Lipinski definition) is 2. The first kappa shape index (κ1) is 17.9. The zero-order chi connectivity index (χ0) is 16.4. The average molecular weight is 310 g/mol. The molecule has 0 radical (unpaired) electrons. The van der Waals surface area contributed by atoms with Crippen LogP contribution in [-0.2, 0) is 14.3 Å². The van der Waals surface area contributed by atoms with Gasteiger partial charge < -0.3 is 25.3 Å². The van der Waals surface area contributed by atoms with Gasteiger partial charge in [0.1, 0.15) is 5.75 Å². The Kier molecular flexibility index (Phi) is 7.95. The minimum absolute atomic E-state index is 0.115. The number of hydrogen-bond acceptors (Lipinski definition) is 6. The minimum atomic E-state index is -0.260. The van der Waals surface area contributed by atoms with E-state index in [2.05, 4.69) is 5.32 Å². The van der Waals surface area contributed by atoms with Crippen LogP contribution in [-0.4, -0.2) is 51.8 Å². The number of carbonyl (C=O) groups excluding carboxylic acids is 2. The van der Waals surface area contributed by atoms with E-state index < -0.39 is 0 Å². The number of amides is 1. The number of nitrogens with two attached hydrogens (primary N) is 1. The van der Waals surface area contributed by atoms with Gasteiger partial charge in [0.2, 0.25) is 0 Å². The third-order valence-electron chi connectivity index (χ3n) is 2.77.